The molecule has 2 saturated heterocycles. The monoisotopic (exact) mass is 626 g/mol. The molecule has 0 bridgehead atoms. The van der Waals surface area contributed by atoms with E-state index < -0.39 is 27.6 Å². The number of piperidine rings is 1. The summed E-state index contributed by atoms with van der Waals surface area (Å²) in [6.45, 7) is 2.92. The van der Waals surface area contributed by atoms with Crippen LogP contribution < -0.4 is 4.90 Å². The van der Waals surface area contributed by atoms with E-state index in [0.29, 0.717) is 73.3 Å². The molecule has 1 atom stereocenters. The molecule has 9 nitrogen and oxygen atoms in total. The highest BCUT2D eigenvalue weighted by Crippen LogP contribution is 2.45. The summed E-state index contributed by atoms with van der Waals surface area (Å²) in [6, 6.07) is 9.61. The zero-order chi connectivity index (χ0) is 29.5. The summed E-state index contributed by atoms with van der Waals surface area (Å²) in [6.07, 6.45) is 2.22. The van der Waals surface area contributed by atoms with Crippen molar-refractivity contribution < 1.29 is 27.1 Å². The predicted octanol–water partition coefficient (Wildman–Crippen LogP) is 4.29. The highest BCUT2D eigenvalue weighted by molar-refractivity contribution is 7.88. The third-order valence-corrected chi connectivity index (χ3v) is 10.5. The maximum Gasteiger partial charge on any atom is 0.414 e. The third kappa shape index (κ3) is 6.19. The molecular formula is C28H33Cl2FN4O5S. The number of hydrogen-bond acceptors (Lipinski definition) is 6. The molecule has 0 N–H and O–H groups in total. The maximum atomic E-state index is 14.2. The first kappa shape index (κ1) is 30.0. The lowest BCUT2D eigenvalue weighted by molar-refractivity contribution is -0.134. The molecule has 0 aliphatic carbocycles. The Labute approximate surface area is 249 Å². The van der Waals surface area contributed by atoms with E-state index in [1.807, 2.05) is 0 Å². The molecule has 13 heteroatoms. The van der Waals surface area contributed by atoms with Crippen molar-refractivity contribution in [1.29, 1.82) is 0 Å². The molecule has 2 amide bonds. The first-order valence-electron chi connectivity index (χ1n) is 13.6. The van der Waals surface area contributed by atoms with Gasteiger partial charge in [0.2, 0.25) is 15.9 Å². The lowest BCUT2D eigenvalue weighted by atomic mass is 9.81. The number of nitrogens with zero attached hydrogens (tertiary/aromatic N) is 4. The fraction of sp³-hybridized carbons (Fsp3) is 0.500. The number of sulfonamides is 1. The Hall–Kier alpha value is -2.44. The molecule has 2 aromatic rings. The summed E-state index contributed by atoms with van der Waals surface area (Å²) >= 11 is 12.5. The third-order valence-electron chi connectivity index (χ3n) is 8.43. The summed E-state index contributed by atoms with van der Waals surface area (Å²) in [5.41, 5.74) is 1.18. The van der Waals surface area contributed by atoms with Crippen LogP contribution in [0.25, 0.3) is 0 Å². The zero-order valence-corrected chi connectivity index (χ0v) is 25.3. The van der Waals surface area contributed by atoms with E-state index in [9.17, 15) is 22.4 Å². The molecule has 0 aromatic heterocycles. The molecule has 3 aliphatic rings. The van der Waals surface area contributed by atoms with E-state index >= 15 is 0 Å². The quantitative estimate of drug-likeness (QED) is 0.475. The number of halogens is 3. The van der Waals surface area contributed by atoms with E-state index in [4.69, 9.17) is 27.9 Å². The van der Waals surface area contributed by atoms with Crippen LogP contribution in [0.4, 0.5) is 14.9 Å². The average Bonchev–Trinajstić information content (AvgIpc) is 2.94. The minimum absolute atomic E-state index is 0.0846. The van der Waals surface area contributed by atoms with Crippen LogP contribution in [0.5, 0.6) is 0 Å². The van der Waals surface area contributed by atoms with Crippen molar-refractivity contribution in [3.8, 4) is 0 Å². The first-order valence-corrected chi connectivity index (χ1v) is 16.2. The van der Waals surface area contributed by atoms with Gasteiger partial charge in [-0.05, 0) is 48.9 Å². The topological polar surface area (TPSA) is 90.5 Å². The van der Waals surface area contributed by atoms with Gasteiger partial charge in [0, 0.05) is 64.7 Å². The molecule has 41 heavy (non-hydrogen) atoms. The van der Waals surface area contributed by atoms with Gasteiger partial charge in [0.25, 0.3) is 0 Å². The molecule has 2 aromatic carbocycles. The molecule has 0 saturated carbocycles. The molecule has 0 radical (unpaired) electrons. The second-order valence-electron chi connectivity index (χ2n) is 10.9. The number of hydrogen-bond donors (Lipinski definition) is 0. The zero-order valence-electron chi connectivity index (χ0n) is 23.0. The van der Waals surface area contributed by atoms with Gasteiger partial charge in [-0.2, -0.15) is 4.31 Å². The largest absolute Gasteiger partial charge is 0.437 e. The van der Waals surface area contributed by atoms with Gasteiger partial charge in [0.05, 0.1) is 27.9 Å². The number of benzene rings is 2. The highest BCUT2D eigenvalue weighted by atomic mass is 35.5. The van der Waals surface area contributed by atoms with E-state index in [2.05, 4.69) is 4.90 Å². The Bertz CT molecular complexity index is 1440. The molecule has 2 fully saturated rings. The van der Waals surface area contributed by atoms with Crippen LogP contribution in [0.15, 0.2) is 36.4 Å². The molecular weight excluding hydrogens is 594 g/mol. The number of rotatable bonds is 6. The van der Waals surface area contributed by atoms with Crippen molar-refractivity contribution in [2.45, 2.75) is 30.8 Å². The number of piperazine rings is 1. The predicted molar refractivity (Wildman–Crippen MR) is 155 cm³/mol. The summed E-state index contributed by atoms with van der Waals surface area (Å²) in [5.74, 6) is -0.961. The summed E-state index contributed by atoms with van der Waals surface area (Å²) in [5, 5.41) is 0.757. The van der Waals surface area contributed by atoms with Gasteiger partial charge < -0.3 is 14.5 Å². The number of carbonyl (C=O) groups is 2. The minimum atomic E-state index is -3.32. The minimum Gasteiger partial charge on any atom is -0.437 e. The van der Waals surface area contributed by atoms with Gasteiger partial charge >= 0.3 is 6.09 Å². The van der Waals surface area contributed by atoms with Crippen molar-refractivity contribution in [2.24, 2.45) is 0 Å². The number of ether oxygens (including phenoxy) is 1. The number of fused-ring (bicyclic) bond motifs is 2. The van der Waals surface area contributed by atoms with Crippen molar-refractivity contribution in [1.82, 2.24) is 14.1 Å². The fourth-order valence-corrected chi connectivity index (χ4v) is 7.13. The van der Waals surface area contributed by atoms with Crippen LogP contribution in [0.1, 0.15) is 36.3 Å². The Morgan fingerprint density at radius 1 is 1.02 bits per heavy atom. The number of likely N-dealkylation sites (tertiary alicyclic amines) is 1. The van der Waals surface area contributed by atoms with Crippen molar-refractivity contribution >= 4 is 50.9 Å². The second kappa shape index (κ2) is 11.7. The smallest absolute Gasteiger partial charge is 0.414 e. The molecule has 1 unspecified atom stereocenters. The Morgan fingerprint density at radius 2 is 1.71 bits per heavy atom. The molecule has 222 valence electrons. The average molecular weight is 628 g/mol. The van der Waals surface area contributed by atoms with Crippen LogP contribution in [0.2, 0.25) is 10.0 Å². The van der Waals surface area contributed by atoms with Gasteiger partial charge in [-0.3, -0.25) is 9.69 Å². The molecule has 3 aliphatic heterocycles. The Kier molecular flexibility index (Phi) is 8.56. The van der Waals surface area contributed by atoms with E-state index in [1.54, 1.807) is 36.2 Å². The lowest BCUT2D eigenvalue weighted by Crippen LogP contribution is -2.52. The molecule has 5 rings (SSSR count). The number of carbonyl (C=O) groups excluding carboxylic acids is 2. The van der Waals surface area contributed by atoms with E-state index in [0.717, 1.165) is 5.56 Å². The van der Waals surface area contributed by atoms with Gasteiger partial charge in [-0.15, -0.1) is 0 Å². The van der Waals surface area contributed by atoms with Gasteiger partial charge in [-0.1, -0.05) is 29.3 Å². The van der Waals surface area contributed by atoms with Crippen LogP contribution in [0.3, 0.4) is 0 Å². The standard InChI is InChI=1S/C28H33Cl2FN4O5S/c1-32-25-6-4-20(31)18-22(25)28(40-27(32)37)8-11-33(12-9-28)10-7-21(19-3-5-23(29)24(30)17-19)26(36)34-13-15-35(16-14-34)41(2,38)39/h3-6,17-18,21H,7-16H2,1-2H3. The van der Waals surface area contributed by atoms with Gasteiger partial charge in [0.1, 0.15) is 11.4 Å². The van der Waals surface area contributed by atoms with Crippen molar-refractivity contribution in [2.75, 3.05) is 64.0 Å². The number of amides is 2. The lowest BCUT2D eigenvalue weighted by Gasteiger charge is -2.46. The van der Waals surface area contributed by atoms with E-state index in [1.165, 1.54) is 27.6 Å². The highest BCUT2D eigenvalue weighted by Gasteiger charge is 2.46. The summed E-state index contributed by atoms with van der Waals surface area (Å²) in [4.78, 5) is 31.7. The summed E-state index contributed by atoms with van der Waals surface area (Å²) in [7, 11) is -1.71. The van der Waals surface area contributed by atoms with Crippen molar-refractivity contribution in [3.63, 3.8) is 0 Å². The van der Waals surface area contributed by atoms with E-state index in [-0.39, 0.29) is 24.8 Å². The SMILES string of the molecule is CN1C(=O)OC2(CCN(CCC(C(=O)N3CCN(S(C)(=O)=O)CC3)c3ccc(Cl)c(Cl)c3)CC2)c2cc(F)ccc21. The van der Waals surface area contributed by atoms with Crippen LogP contribution in [0, 0.1) is 5.82 Å². The number of anilines is 1. The fourth-order valence-electron chi connectivity index (χ4n) is 6.00. The normalized spacial score (nSPS) is 20.6. The second-order valence-corrected chi connectivity index (χ2v) is 13.7. The van der Waals surface area contributed by atoms with Crippen LogP contribution in [-0.4, -0.2) is 93.6 Å². The van der Waals surface area contributed by atoms with Crippen LogP contribution >= 0.6 is 23.2 Å². The Morgan fingerprint density at radius 3 is 2.34 bits per heavy atom. The first-order chi connectivity index (χ1) is 19.4. The summed E-state index contributed by atoms with van der Waals surface area (Å²) < 4.78 is 45.4. The van der Waals surface area contributed by atoms with Crippen molar-refractivity contribution in [3.05, 3.63) is 63.4 Å². The molecule has 3 heterocycles. The Balaban J connectivity index is 1.29. The van der Waals surface area contributed by atoms with Gasteiger partial charge in [0.15, 0.2) is 0 Å². The molecule has 1 spiro atoms. The van der Waals surface area contributed by atoms with Crippen LogP contribution in [-0.2, 0) is 25.2 Å². The van der Waals surface area contributed by atoms with Gasteiger partial charge in [-0.25, -0.2) is 17.6 Å². The maximum absolute atomic E-state index is 14.2.